The lowest BCUT2D eigenvalue weighted by atomic mass is 10.0. The van der Waals surface area contributed by atoms with Gasteiger partial charge in [0, 0.05) is 13.1 Å². The van der Waals surface area contributed by atoms with Crippen molar-refractivity contribution >= 4 is 32.7 Å². The molecule has 9 heteroatoms. The summed E-state index contributed by atoms with van der Waals surface area (Å²) in [6.45, 7) is 0.763. The molecule has 4 heterocycles. The fraction of sp³-hybridized carbons (Fsp3) is 0.231. The summed E-state index contributed by atoms with van der Waals surface area (Å²) in [5.74, 6) is 1.03. The van der Waals surface area contributed by atoms with Gasteiger partial charge in [-0.05, 0) is 22.9 Å². The highest BCUT2D eigenvalue weighted by Gasteiger charge is 2.40. The van der Waals surface area contributed by atoms with Gasteiger partial charge in [0.05, 0.1) is 10.8 Å². The number of thiophene rings is 2. The number of aromatic nitrogens is 2. The molecule has 3 aromatic rings. The van der Waals surface area contributed by atoms with Crippen LogP contribution in [-0.2, 0) is 10.0 Å². The summed E-state index contributed by atoms with van der Waals surface area (Å²) in [7, 11) is -3.37. The second-order valence-corrected chi connectivity index (χ2v) is 8.94. The van der Waals surface area contributed by atoms with Crippen LogP contribution in [0.2, 0.25) is 0 Å². The number of rotatable bonds is 4. The first kappa shape index (κ1) is 14.1. The molecule has 1 saturated heterocycles. The molecule has 3 aromatic heterocycles. The van der Waals surface area contributed by atoms with Crippen LogP contribution in [0.25, 0.3) is 10.7 Å². The lowest BCUT2D eigenvalue weighted by Crippen LogP contribution is -2.48. The Morgan fingerprint density at radius 1 is 1.18 bits per heavy atom. The second kappa shape index (κ2) is 5.27. The topological polar surface area (TPSA) is 76.3 Å². The van der Waals surface area contributed by atoms with E-state index < -0.39 is 10.0 Å². The molecule has 4 rings (SSSR count). The Morgan fingerprint density at radius 3 is 2.64 bits per heavy atom. The van der Waals surface area contributed by atoms with Gasteiger partial charge in [-0.25, -0.2) is 8.42 Å². The zero-order valence-corrected chi connectivity index (χ0v) is 13.7. The van der Waals surface area contributed by atoms with Crippen LogP contribution in [0.1, 0.15) is 11.8 Å². The molecule has 1 aliphatic heterocycles. The van der Waals surface area contributed by atoms with Crippen LogP contribution in [0.15, 0.2) is 43.8 Å². The van der Waals surface area contributed by atoms with E-state index in [9.17, 15) is 8.42 Å². The maximum absolute atomic E-state index is 12.3. The molecule has 22 heavy (non-hydrogen) atoms. The lowest BCUT2D eigenvalue weighted by molar-refractivity contribution is 0.217. The molecule has 6 nitrogen and oxygen atoms in total. The number of nitrogens with zero attached hydrogens (tertiary/aromatic N) is 3. The smallest absolute Gasteiger partial charge is 0.252 e. The van der Waals surface area contributed by atoms with Crippen molar-refractivity contribution in [3.63, 3.8) is 0 Å². The second-order valence-electron chi connectivity index (χ2n) is 4.88. The van der Waals surface area contributed by atoms with Gasteiger partial charge in [0.25, 0.3) is 10.0 Å². The van der Waals surface area contributed by atoms with Crippen LogP contribution in [-0.4, -0.2) is 36.0 Å². The van der Waals surface area contributed by atoms with Gasteiger partial charge in [-0.1, -0.05) is 17.3 Å². The van der Waals surface area contributed by atoms with E-state index in [1.807, 2.05) is 17.5 Å². The third-order valence-corrected chi connectivity index (χ3v) is 7.54. The highest BCUT2D eigenvalue weighted by molar-refractivity contribution is 7.91. The first-order valence-corrected chi connectivity index (χ1v) is 9.75. The molecule has 0 amide bonds. The molecular weight excluding hydrogens is 342 g/mol. The van der Waals surface area contributed by atoms with Crippen molar-refractivity contribution in [3.05, 3.63) is 40.9 Å². The molecule has 0 radical (unpaired) electrons. The number of sulfonamides is 1. The summed E-state index contributed by atoms with van der Waals surface area (Å²) in [6, 6.07) is 7.21. The summed E-state index contributed by atoms with van der Waals surface area (Å²) in [4.78, 5) is 5.31. The molecular formula is C13H11N3O3S3. The molecule has 0 bridgehead atoms. The highest BCUT2D eigenvalue weighted by Crippen LogP contribution is 2.33. The van der Waals surface area contributed by atoms with E-state index in [-0.39, 0.29) is 5.92 Å². The van der Waals surface area contributed by atoms with Crippen molar-refractivity contribution in [1.29, 1.82) is 0 Å². The Morgan fingerprint density at radius 2 is 1.95 bits per heavy atom. The largest absolute Gasteiger partial charge is 0.339 e. The van der Waals surface area contributed by atoms with Crippen molar-refractivity contribution in [2.45, 2.75) is 10.1 Å². The summed E-state index contributed by atoms with van der Waals surface area (Å²) in [5, 5.41) is 7.66. The third-order valence-electron chi connectivity index (χ3n) is 3.47. The van der Waals surface area contributed by atoms with Crippen LogP contribution in [0.5, 0.6) is 0 Å². The molecule has 0 aliphatic carbocycles. The van der Waals surface area contributed by atoms with Gasteiger partial charge in [0.15, 0.2) is 0 Å². The maximum atomic E-state index is 12.3. The first-order valence-electron chi connectivity index (χ1n) is 6.56. The Bertz CT molecular complexity index is 863. The lowest BCUT2D eigenvalue weighted by Gasteiger charge is -2.35. The van der Waals surface area contributed by atoms with E-state index in [0.717, 1.165) is 4.88 Å². The van der Waals surface area contributed by atoms with E-state index >= 15 is 0 Å². The molecule has 0 spiro atoms. The van der Waals surface area contributed by atoms with E-state index in [1.165, 1.54) is 27.0 Å². The quantitative estimate of drug-likeness (QED) is 0.721. The fourth-order valence-electron chi connectivity index (χ4n) is 2.23. The minimum Gasteiger partial charge on any atom is -0.339 e. The molecule has 1 fully saturated rings. The molecule has 1 aliphatic rings. The molecule has 0 N–H and O–H groups in total. The predicted octanol–water partition coefficient (Wildman–Crippen LogP) is 2.65. The van der Waals surface area contributed by atoms with Crippen molar-refractivity contribution in [2.24, 2.45) is 0 Å². The monoisotopic (exact) mass is 353 g/mol. The van der Waals surface area contributed by atoms with E-state index in [2.05, 4.69) is 10.1 Å². The minimum absolute atomic E-state index is 0.0315. The molecule has 0 unspecified atom stereocenters. The van der Waals surface area contributed by atoms with Crippen molar-refractivity contribution < 1.29 is 12.9 Å². The highest BCUT2D eigenvalue weighted by atomic mass is 32.2. The molecule has 0 saturated carbocycles. The standard InChI is InChI=1S/C13H11N3O3S3/c17-22(18,11-4-2-6-21-11)16-7-9(8-16)13-14-12(15-19-13)10-3-1-5-20-10/h1-6,9H,7-8H2. The maximum Gasteiger partial charge on any atom is 0.252 e. The number of hydrogen-bond acceptors (Lipinski definition) is 7. The molecule has 0 atom stereocenters. The fourth-order valence-corrected chi connectivity index (χ4v) is 5.56. The normalized spacial score (nSPS) is 16.7. The SMILES string of the molecule is O=S(=O)(c1cccs1)N1CC(c2nc(-c3cccs3)no2)C1. The van der Waals surface area contributed by atoms with Crippen LogP contribution in [0.3, 0.4) is 0 Å². The van der Waals surface area contributed by atoms with Gasteiger partial charge >= 0.3 is 0 Å². The van der Waals surface area contributed by atoms with Gasteiger partial charge < -0.3 is 4.52 Å². The average Bonchev–Trinajstić information content (AvgIpc) is 3.19. The van der Waals surface area contributed by atoms with Crippen LogP contribution in [0, 0.1) is 0 Å². The van der Waals surface area contributed by atoms with Gasteiger partial charge in [-0.3, -0.25) is 0 Å². The minimum atomic E-state index is -3.37. The van der Waals surface area contributed by atoms with Gasteiger partial charge in [-0.15, -0.1) is 22.7 Å². The van der Waals surface area contributed by atoms with Crippen LogP contribution >= 0.6 is 22.7 Å². The van der Waals surface area contributed by atoms with Crippen molar-refractivity contribution in [3.8, 4) is 10.7 Å². The number of hydrogen-bond donors (Lipinski definition) is 0. The molecule has 0 aromatic carbocycles. The summed E-state index contributed by atoms with van der Waals surface area (Å²) in [6.07, 6.45) is 0. The predicted molar refractivity (Wildman–Crippen MR) is 83.4 cm³/mol. The van der Waals surface area contributed by atoms with E-state index in [1.54, 1.807) is 17.5 Å². The van der Waals surface area contributed by atoms with Crippen molar-refractivity contribution in [1.82, 2.24) is 14.4 Å². The van der Waals surface area contributed by atoms with Crippen LogP contribution in [0.4, 0.5) is 0 Å². The van der Waals surface area contributed by atoms with E-state index in [0.29, 0.717) is 29.0 Å². The average molecular weight is 353 g/mol. The summed E-state index contributed by atoms with van der Waals surface area (Å²) in [5.41, 5.74) is 0. The van der Waals surface area contributed by atoms with Crippen molar-refractivity contribution in [2.75, 3.05) is 13.1 Å². The zero-order valence-electron chi connectivity index (χ0n) is 11.2. The first-order chi connectivity index (χ1) is 10.6. The van der Waals surface area contributed by atoms with Gasteiger partial charge in [0.1, 0.15) is 4.21 Å². The Hall–Kier alpha value is -1.55. The zero-order chi connectivity index (χ0) is 15.2. The van der Waals surface area contributed by atoms with Gasteiger partial charge in [-0.2, -0.15) is 9.29 Å². The van der Waals surface area contributed by atoms with Crippen LogP contribution < -0.4 is 0 Å². The Balaban J connectivity index is 1.48. The summed E-state index contributed by atoms with van der Waals surface area (Å²) >= 11 is 2.77. The third kappa shape index (κ3) is 2.30. The summed E-state index contributed by atoms with van der Waals surface area (Å²) < 4.78 is 31.7. The van der Waals surface area contributed by atoms with E-state index in [4.69, 9.17) is 4.52 Å². The van der Waals surface area contributed by atoms with Gasteiger partial charge in [0.2, 0.25) is 11.7 Å². The molecule has 114 valence electrons. The Labute approximate surface area is 135 Å². The Kier molecular flexibility index (Phi) is 3.37.